The van der Waals surface area contributed by atoms with Gasteiger partial charge in [-0.1, -0.05) is 25.7 Å². The summed E-state index contributed by atoms with van der Waals surface area (Å²) >= 11 is 0. The Balaban J connectivity index is 1.51. The molecule has 0 aromatic carbocycles. The lowest BCUT2D eigenvalue weighted by molar-refractivity contribution is 0.274. The van der Waals surface area contributed by atoms with E-state index >= 15 is 0 Å². The van der Waals surface area contributed by atoms with Crippen molar-refractivity contribution < 1.29 is 0 Å². The summed E-state index contributed by atoms with van der Waals surface area (Å²) in [7, 11) is 2.13. The molecule has 3 atom stereocenters. The Morgan fingerprint density at radius 3 is 2.53 bits per heavy atom. The molecule has 0 aromatic rings. The van der Waals surface area contributed by atoms with E-state index in [0.717, 1.165) is 30.3 Å². The molecule has 108 valence electrons. The minimum Gasteiger partial charge on any atom is -0.370 e. The van der Waals surface area contributed by atoms with Gasteiger partial charge in [0.15, 0.2) is 5.96 Å². The maximum atomic E-state index is 6.20. The van der Waals surface area contributed by atoms with E-state index in [1.165, 1.54) is 57.8 Å². The zero-order valence-corrected chi connectivity index (χ0v) is 12.4. The first kappa shape index (κ1) is 13.3. The number of hydrogen-bond donors (Lipinski definition) is 1. The van der Waals surface area contributed by atoms with Crippen LogP contribution in [0.4, 0.5) is 0 Å². The summed E-state index contributed by atoms with van der Waals surface area (Å²) < 4.78 is 0. The molecule has 3 heteroatoms. The van der Waals surface area contributed by atoms with Crippen molar-refractivity contribution in [3.63, 3.8) is 0 Å². The molecule has 3 rings (SSSR count). The summed E-state index contributed by atoms with van der Waals surface area (Å²) in [4.78, 5) is 6.98. The fourth-order valence-electron chi connectivity index (χ4n) is 4.54. The van der Waals surface area contributed by atoms with Gasteiger partial charge < -0.3 is 10.6 Å². The topological polar surface area (TPSA) is 41.6 Å². The third-order valence-corrected chi connectivity index (χ3v) is 5.67. The number of aliphatic imine (C=N–C) groups is 1. The molecule has 0 aliphatic heterocycles. The van der Waals surface area contributed by atoms with Gasteiger partial charge in [-0.05, 0) is 49.9 Å². The van der Waals surface area contributed by atoms with Crippen LogP contribution in [0, 0.1) is 17.8 Å². The van der Waals surface area contributed by atoms with Gasteiger partial charge in [0.25, 0.3) is 0 Å². The highest BCUT2D eigenvalue weighted by Gasteiger charge is 2.39. The number of nitrogens with zero attached hydrogens (tertiary/aromatic N) is 2. The average molecular weight is 263 g/mol. The molecule has 0 spiro atoms. The zero-order chi connectivity index (χ0) is 13.2. The highest BCUT2D eigenvalue weighted by atomic mass is 15.2. The molecule has 0 heterocycles. The Bertz CT molecular complexity index is 333. The van der Waals surface area contributed by atoms with Crippen LogP contribution < -0.4 is 5.73 Å². The van der Waals surface area contributed by atoms with Gasteiger partial charge in [-0.15, -0.1) is 0 Å². The van der Waals surface area contributed by atoms with E-state index in [2.05, 4.69) is 11.9 Å². The lowest BCUT2D eigenvalue weighted by Crippen LogP contribution is -2.39. The predicted molar refractivity (Wildman–Crippen MR) is 80.1 cm³/mol. The molecule has 0 radical (unpaired) electrons. The van der Waals surface area contributed by atoms with Crippen LogP contribution in [-0.2, 0) is 0 Å². The SMILES string of the molecule is CN(CC1CC2CCC1C2)C(N)=NC1CCCCC1. The maximum absolute atomic E-state index is 6.20. The quantitative estimate of drug-likeness (QED) is 0.628. The first-order valence-electron chi connectivity index (χ1n) is 8.27. The second-order valence-corrected chi connectivity index (χ2v) is 7.09. The second-order valence-electron chi connectivity index (χ2n) is 7.09. The van der Waals surface area contributed by atoms with Gasteiger partial charge in [0.2, 0.25) is 0 Å². The van der Waals surface area contributed by atoms with Crippen molar-refractivity contribution in [3.05, 3.63) is 0 Å². The molecule has 19 heavy (non-hydrogen) atoms. The fourth-order valence-corrected chi connectivity index (χ4v) is 4.54. The van der Waals surface area contributed by atoms with E-state index in [4.69, 9.17) is 10.7 Å². The molecule has 3 saturated carbocycles. The van der Waals surface area contributed by atoms with Gasteiger partial charge in [-0.25, -0.2) is 4.99 Å². The number of rotatable bonds is 3. The van der Waals surface area contributed by atoms with Crippen molar-refractivity contribution in [1.29, 1.82) is 0 Å². The van der Waals surface area contributed by atoms with Crippen molar-refractivity contribution >= 4 is 5.96 Å². The molecule has 3 nitrogen and oxygen atoms in total. The van der Waals surface area contributed by atoms with Crippen LogP contribution in [-0.4, -0.2) is 30.5 Å². The van der Waals surface area contributed by atoms with Crippen molar-refractivity contribution in [1.82, 2.24) is 4.90 Å². The Kier molecular flexibility index (Phi) is 3.99. The first-order valence-corrected chi connectivity index (χ1v) is 8.27. The van der Waals surface area contributed by atoms with E-state index in [9.17, 15) is 0 Å². The lowest BCUT2D eigenvalue weighted by Gasteiger charge is -2.29. The molecule has 2 bridgehead atoms. The predicted octanol–water partition coefficient (Wildman–Crippen LogP) is 3.00. The van der Waals surface area contributed by atoms with Crippen LogP contribution in [0.15, 0.2) is 4.99 Å². The number of nitrogens with two attached hydrogens (primary N) is 1. The molecular weight excluding hydrogens is 234 g/mol. The van der Waals surface area contributed by atoms with E-state index < -0.39 is 0 Å². The molecule has 3 unspecified atom stereocenters. The summed E-state index contributed by atoms with van der Waals surface area (Å²) in [6.45, 7) is 1.13. The molecule has 0 aromatic heterocycles. The zero-order valence-electron chi connectivity index (χ0n) is 12.4. The monoisotopic (exact) mass is 263 g/mol. The summed E-state index contributed by atoms with van der Waals surface area (Å²) in [5, 5.41) is 0. The minimum atomic E-state index is 0.497. The molecule has 0 amide bonds. The van der Waals surface area contributed by atoms with Crippen molar-refractivity contribution in [2.75, 3.05) is 13.6 Å². The molecule has 0 saturated heterocycles. The van der Waals surface area contributed by atoms with Crippen molar-refractivity contribution in [2.24, 2.45) is 28.5 Å². The van der Waals surface area contributed by atoms with Gasteiger partial charge in [-0.2, -0.15) is 0 Å². The Morgan fingerprint density at radius 2 is 1.89 bits per heavy atom. The van der Waals surface area contributed by atoms with Crippen LogP contribution >= 0.6 is 0 Å². The fraction of sp³-hybridized carbons (Fsp3) is 0.938. The number of fused-ring (bicyclic) bond motifs is 2. The van der Waals surface area contributed by atoms with Gasteiger partial charge in [0, 0.05) is 13.6 Å². The Morgan fingerprint density at radius 1 is 1.11 bits per heavy atom. The van der Waals surface area contributed by atoms with E-state index in [0.29, 0.717) is 6.04 Å². The second kappa shape index (κ2) is 5.72. The molecular formula is C16H29N3. The number of hydrogen-bond acceptors (Lipinski definition) is 1. The largest absolute Gasteiger partial charge is 0.370 e. The van der Waals surface area contributed by atoms with Crippen LogP contribution in [0.2, 0.25) is 0 Å². The van der Waals surface area contributed by atoms with Crippen LogP contribution in [0.1, 0.15) is 57.8 Å². The van der Waals surface area contributed by atoms with Crippen LogP contribution in [0.3, 0.4) is 0 Å². The Hall–Kier alpha value is -0.730. The molecule has 2 N–H and O–H groups in total. The van der Waals surface area contributed by atoms with Crippen LogP contribution in [0.5, 0.6) is 0 Å². The van der Waals surface area contributed by atoms with E-state index in [1.54, 1.807) is 0 Å². The van der Waals surface area contributed by atoms with E-state index in [-0.39, 0.29) is 0 Å². The summed E-state index contributed by atoms with van der Waals surface area (Å²) in [5.41, 5.74) is 6.20. The average Bonchev–Trinajstić information content (AvgIpc) is 3.02. The van der Waals surface area contributed by atoms with E-state index in [1.807, 2.05) is 0 Å². The Labute approximate surface area is 117 Å². The standard InChI is InChI=1S/C16H29N3/c1-19(11-14-10-12-7-8-13(14)9-12)16(17)18-15-5-3-2-4-6-15/h12-15H,2-11H2,1H3,(H2,17,18). The smallest absolute Gasteiger partial charge is 0.191 e. The van der Waals surface area contributed by atoms with Gasteiger partial charge in [0.05, 0.1) is 6.04 Å². The van der Waals surface area contributed by atoms with Gasteiger partial charge in [-0.3, -0.25) is 0 Å². The normalized spacial score (nSPS) is 35.8. The number of guanidine groups is 1. The third kappa shape index (κ3) is 3.06. The molecule has 3 aliphatic rings. The molecule has 3 fully saturated rings. The first-order chi connectivity index (χ1) is 9.22. The third-order valence-electron chi connectivity index (χ3n) is 5.67. The minimum absolute atomic E-state index is 0.497. The summed E-state index contributed by atoms with van der Waals surface area (Å²) in [6.07, 6.45) is 12.4. The summed E-state index contributed by atoms with van der Waals surface area (Å²) in [6, 6.07) is 0.497. The van der Waals surface area contributed by atoms with Gasteiger partial charge in [0.1, 0.15) is 0 Å². The highest BCUT2D eigenvalue weighted by molar-refractivity contribution is 5.78. The van der Waals surface area contributed by atoms with Crippen molar-refractivity contribution in [2.45, 2.75) is 63.8 Å². The van der Waals surface area contributed by atoms with Crippen molar-refractivity contribution in [3.8, 4) is 0 Å². The maximum Gasteiger partial charge on any atom is 0.191 e. The summed E-state index contributed by atoms with van der Waals surface area (Å²) in [5.74, 6) is 3.67. The lowest BCUT2D eigenvalue weighted by atomic mass is 9.88. The molecule has 3 aliphatic carbocycles. The highest BCUT2D eigenvalue weighted by Crippen LogP contribution is 2.48. The van der Waals surface area contributed by atoms with Crippen LogP contribution in [0.25, 0.3) is 0 Å². The van der Waals surface area contributed by atoms with Gasteiger partial charge >= 0.3 is 0 Å².